The number of aromatic nitrogens is 2. The maximum absolute atomic E-state index is 4.11. The molecule has 0 aliphatic carbocycles. The first kappa shape index (κ1) is 10.7. The number of likely N-dealkylation sites (tertiary alicyclic amines) is 1. The summed E-state index contributed by atoms with van der Waals surface area (Å²) >= 11 is 0. The van der Waals surface area contributed by atoms with Gasteiger partial charge in [-0.2, -0.15) is 0 Å². The highest BCUT2D eigenvalue weighted by Gasteiger charge is 2.27. The number of rotatable bonds is 1. The van der Waals surface area contributed by atoms with Crippen molar-refractivity contribution >= 4 is 0 Å². The predicted octanol–water partition coefficient (Wildman–Crippen LogP) is 2.32. The van der Waals surface area contributed by atoms with Crippen LogP contribution in [0, 0.1) is 0 Å². The molecular formula is C12H21N3. The van der Waals surface area contributed by atoms with Gasteiger partial charge >= 0.3 is 0 Å². The van der Waals surface area contributed by atoms with Gasteiger partial charge in [0.15, 0.2) is 0 Å². The van der Waals surface area contributed by atoms with E-state index in [2.05, 4.69) is 41.4 Å². The zero-order valence-corrected chi connectivity index (χ0v) is 9.98. The van der Waals surface area contributed by atoms with E-state index in [9.17, 15) is 0 Å². The van der Waals surface area contributed by atoms with Gasteiger partial charge in [-0.15, -0.1) is 0 Å². The van der Waals surface area contributed by atoms with Crippen LogP contribution in [0.1, 0.15) is 39.7 Å². The van der Waals surface area contributed by atoms with Gasteiger partial charge in [-0.3, -0.25) is 4.90 Å². The Balaban J connectivity index is 1.93. The molecule has 1 aromatic heterocycles. The third-order valence-corrected chi connectivity index (χ3v) is 3.36. The number of imidazole rings is 1. The van der Waals surface area contributed by atoms with Crippen molar-refractivity contribution in [3.8, 4) is 0 Å². The average Bonchev–Trinajstić information content (AvgIpc) is 2.69. The molecule has 0 saturated carbocycles. The fourth-order valence-corrected chi connectivity index (χ4v) is 2.32. The van der Waals surface area contributed by atoms with Gasteiger partial charge in [0.2, 0.25) is 0 Å². The van der Waals surface area contributed by atoms with Crippen LogP contribution < -0.4 is 0 Å². The third-order valence-electron chi connectivity index (χ3n) is 3.36. The Bertz CT molecular complexity index is 289. The van der Waals surface area contributed by atoms with E-state index in [0.717, 1.165) is 0 Å². The van der Waals surface area contributed by atoms with Crippen molar-refractivity contribution in [2.24, 2.45) is 0 Å². The minimum Gasteiger partial charge on any atom is -0.334 e. The topological polar surface area (TPSA) is 21.1 Å². The van der Waals surface area contributed by atoms with Crippen molar-refractivity contribution in [3.05, 3.63) is 18.7 Å². The highest BCUT2D eigenvalue weighted by atomic mass is 15.2. The Morgan fingerprint density at radius 1 is 1.20 bits per heavy atom. The molecule has 0 bridgehead atoms. The van der Waals surface area contributed by atoms with E-state index in [1.54, 1.807) is 0 Å². The van der Waals surface area contributed by atoms with Crippen LogP contribution in [0.2, 0.25) is 0 Å². The molecule has 15 heavy (non-hydrogen) atoms. The summed E-state index contributed by atoms with van der Waals surface area (Å²) in [5, 5.41) is 0. The van der Waals surface area contributed by atoms with Crippen LogP contribution >= 0.6 is 0 Å². The van der Waals surface area contributed by atoms with E-state index in [0.29, 0.717) is 11.6 Å². The van der Waals surface area contributed by atoms with Gasteiger partial charge in [0.05, 0.1) is 6.33 Å². The number of piperidine rings is 1. The molecule has 0 atom stereocenters. The van der Waals surface area contributed by atoms with Crippen molar-refractivity contribution in [2.75, 3.05) is 13.1 Å². The largest absolute Gasteiger partial charge is 0.334 e. The summed E-state index contributed by atoms with van der Waals surface area (Å²) in [5.41, 5.74) is 0.319. The Kier molecular flexibility index (Phi) is 2.83. The standard InChI is InChI=1S/C12H21N3/c1-12(2,3)15-7-4-11(5-8-15)14-9-6-13-10-14/h6,9-11H,4-5,7-8H2,1-3H3. The summed E-state index contributed by atoms with van der Waals surface area (Å²) in [6.07, 6.45) is 8.38. The smallest absolute Gasteiger partial charge is 0.0948 e. The van der Waals surface area contributed by atoms with Crippen LogP contribution in [-0.2, 0) is 0 Å². The fourth-order valence-electron chi connectivity index (χ4n) is 2.32. The summed E-state index contributed by atoms with van der Waals surface area (Å²) in [5.74, 6) is 0. The quantitative estimate of drug-likeness (QED) is 0.704. The van der Waals surface area contributed by atoms with Crippen LogP contribution in [0.3, 0.4) is 0 Å². The predicted molar refractivity (Wildman–Crippen MR) is 61.8 cm³/mol. The number of hydrogen-bond acceptors (Lipinski definition) is 2. The van der Waals surface area contributed by atoms with Gasteiger partial charge in [0, 0.05) is 37.1 Å². The first-order valence-electron chi connectivity index (χ1n) is 5.80. The van der Waals surface area contributed by atoms with Crippen LogP contribution in [0.5, 0.6) is 0 Å². The first-order chi connectivity index (χ1) is 7.07. The second-order valence-electron chi connectivity index (χ2n) is 5.40. The second kappa shape index (κ2) is 3.97. The van der Waals surface area contributed by atoms with E-state index >= 15 is 0 Å². The van der Waals surface area contributed by atoms with E-state index in [1.807, 2.05) is 12.5 Å². The molecule has 0 N–H and O–H groups in total. The molecule has 0 aromatic carbocycles. The maximum Gasteiger partial charge on any atom is 0.0948 e. The summed E-state index contributed by atoms with van der Waals surface area (Å²) in [6, 6.07) is 0.658. The highest BCUT2D eigenvalue weighted by Crippen LogP contribution is 2.26. The molecule has 1 saturated heterocycles. The van der Waals surface area contributed by atoms with E-state index < -0.39 is 0 Å². The Labute approximate surface area is 92.1 Å². The molecule has 0 unspecified atom stereocenters. The minimum absolute atomic E-state index is 0.319. The molecular weight excluding hydrogens is 186 g/mol. The monoisotopic (exact) mass is 207 g/mol. The van der Waals surface area contributed by atoms with Gasteiger partial charge in [0.1, 0.15) is 0 Å². The number of hydrogen-bond donors (Lipinski definition) is 0. The fraction of sp³-hybridized carbons (Fsp3) is 0.750. The average molecular weight is 207 g/mol. The third kappa shape index (κ3) is 2.40. The second-order valence-corrected chi connectivity index (χ2v) is 5.40. The summed E-state index contributed by atoms with van der Waals surface area (Å²) < 4.78 is 2.25. The summed E-state index contributed by atoms with van der Waals surface area (Å²) in [7, 11) is 0. The molecule has 3 heteroatoms. The van der Waals surface area contributed by atoms with Crippen LogP contribution in [0.4, 0.5) is 0 Å². The lowest BCUT2D eigenvalue weighted by atomic mass is 9.98. The van der Waals surface area contributed by atoms with Crippen LogP contribution in [-0.4, -0.2) is 33.1 Å². The van der Waals surface area contributed by atoms with E-state index in [-0.39, 0.29) is 0 Å². The maximum atomic E-state index is 4.11. The van der Waals surface area contributed by atoms with Crippen molar-refractivity contribution in [2.45, 2.75) is 45.2 Å². The molecule has 1 aromatic rings. The molecule has 0 radical (unpaired) electrons. The molecule has 2 rings (SSSR count). The van der Waals surface area contributed by atoms with Gasteiger partial charge < -0.3 is 4.57 Å². The first-order valence-corrected chi connectivity index (χ1v) is 5.80. The van der Waals surface area contributed by atoms with Gasteiger partial charge in [-0.1, -0.05) is 0 Å². The van der Waals surface area contributed by atoms with Crippen LogP contribution in [0.25, 0.3) is 0 Å². The minimum atomic E-state index is 0.319. The lowest BCUT2D eigenvalue weighted by Crippen LogP contribution is -2.46. The molecule has 0 amide bonds. The number of nitrogens with zero attached hydrogens (tertiary/aromatic N) is 3. The van der Waals surface area contributed by atoms with Gasteiger partial charge in [-0.05, 0) is 33.6 Å². The van der Waals surface area contributed by atoms with E-state index in [1.165, 1.54) is 25.9 Å². The molecule has 1 fully saturated rings. The van der Waals surface area contributed by atoms with Crippen molar-refractivity contribution in [3.63, 3.8) is 0 Å². The van der Waals surface area contributed by atoms with Gasteiger partial charge in [-0.25, -0.2) is 4.98 Å². The molecule has 1 aliphatic heterocycles. The molecule has 0 spiro atoms. The van der Waals surface area contributed by atoms with Crippen molar-refractivity contribution in [1.82, 2.24) is 14.5 Å². The molecule has 2 heterocycles. The van der Waals surface area contributed by atoms with Crippen molar-refractivity contribution < 1.29 is 0 Å². The summed E-state index contributed by atoms with van der Waals surface area (Å²) in [6.45, 7) is 9.29. The Hall–Kier alpha value is -0.830. The zero-order valence-electron chi connectivity index (χ0n) is 9.98. The molecule has 1 aliphatic rings. The SMILES string of the molecule is CC(C)(C)N1CCC(n2ccnc2)CC1. The molecule has 3 nitrogen and oxygen atoms in total. The normalized spacial score (nSPS) is 20.7. The Morgan fingerprint density at radius 3 is 2.33 bits per heavy atom. The lowest BCUT2D eigenvalue weighted by Gasteiger charge is -2.41. The van der Waals surface area contributed by atoms with E-state index in [4.69, 9.17) is 0 Å². The van der Waals surface area contributed by atoms with Crippen LogP contribution in [0.15, 0.2) is 18.7 Å². The summed E-state index contributed by atoms with van der Waals surface area (Å²) in [4.78, 5) is 6.68. The lowest BCUT2D eigenvalue weighted by molar-refractivity contribution is 0.0898. The zero-order chi connectivity index (χ0) is 10.9. The highest BCUT2D eigenvalue weighted by molar-refractivity contribution is 4.87. The molecule has 84 valence electrons. The van der Waals surface area contributed by atoms with Gasteiger partial charge in [0.25, 0.3) is 0 Å². The van der Waals surface area contributed by atoms with Crippen molar-refractivity contribution in [1.29, 1.82) is 0 Å². The Morgan fingerprint density at radius 2 is 1.87 bits per heavy atom.